The predicted octanol–water partition coefficient (Wildman–Crippen LogP) is 5.40. The number of carbonyl (C=O) groups is 1. The van der Waals surface area contributed by atoms with Crippen LogP contribution in [0.5, 0.6) is 5.75 Å². The molecule has 0 aromatic heterocycles. The molecule has 0 aliphatic carbocycles. The molecular weight excluding hydrogens is 452 g/mol. The van der Waals surface area contributed by atoms with Crippen LogP contribution in [0.15, 0.2) is 66.7 Å². The second kappa shape index (κ2) is 11.7. The van der Waals surface area contributed by atoms with E-state index in [0.717, 1.165) is 6.07 Å². The number of nitrogens with one attached hydrogen (secondary N) is 2. The van der Waals surface area contributed by atoms with Crippen LogP contribution < -0.4 is 21.6 Å². The number of nitrogens with two attached hydrogens (primary N) is 1. The van der Waals surface area contributed by atoms with Crippen LogP contribution in [-0.4, -0.2) is 5.91 Å². The third kappa shape index (κ3) is 7.82. The van der Waals surface area contributed by atoms with Gasteiger partial charge in [0, 0.05) is 22.2 Å². The second-order valence-corrected chi connectivity index (χ2v) is 7.40. The van der Waals surface area contributed by atoms with E-state index in [-0.39, 0.29) is 5.02 Å². The minimum Gasteiger partial charge on any atom is -0.394 e. The van der Waals surface area contributed by atoms with Crippen LogP contribution >= 0.6 is 34.8 Å². The average Bonchev–Trinajstić information content (AvgIpc) is 2.68. The van der Waals surface area contributed by atoms with Crippen molar-refractivity contribution in [3.05, 3.63) is 98.7 Å². The van der Waals surface area contributed by atoms with Gasteiger partial charge in [-0.2, -0.15) is 0 Å². The molecule has 0 saturated carbocycles. The van der Waals surface area contributed by atoms with Crippen molar-refractivity contribution >= 4 is 40.7 Å². The van der Waals surface area contributed by atoms with Gasteiger partial charge in [0.15, 0.2) is 5.75 Å². The van der Waals surface area contributed by atoms with Crippen LogP contribution in [0, 0.1) is 12.7 Å². The summed E-state index contributed by atoms with van der Waals surface area (Å²) in [6, 6.07) is 17.6. The van der Waals surface area contributed by atoms with Gasteiger partial charge in [0.05, 0.1) is 5.02 Å². The van der Waals surface area contributed by atoms with Gasteiger partial charge in [-0.25, -0.2) is 9.82 Å². The molecule has 3 aromatic rings. The number of aryl methyl sites for hydroxylation is 1. The molecule has 0 saturated heterocycles. The summed E-state index contributed by atoms with van der Waals surface area (Å²) in [5.41, 5.74) is 11.9. The van der Waals surface area contributed by atoms with Gasteiger partial charge in [-0.3, -0.25) is 4.79 Å². The standard InChI is InChI=1S/C14H11Cl3FN3O2.C7H8/c15-8-4-9(16)6-10(5-8)23-21-20-13(14(19)22)7-1-2-12(18)11(17)3-7;1-7-5-3-2-4-6-7/h1-6,13,20-21H,(H2,19,22);2-6H,1H3. The first-order chi connectivity index (χ1) is 14.3. The molecule has 3 aromatic carbocycles. The summed E-state index contributed by atoms with van der Waals surface area (Å²) in [6.45, 7) is 2.08. The summed E-state index contributed by atoms with van der Waals surface area (Å²) >= 11 is 17.4. The molecule has 158 valence electrons. The minimum atomic E-state index is -0.997. The molecule has 0 aliphatic heterocycles. The SMILES string of the molecule is Cc1ccccc1.NC(=O)C(NNOc1cc(Cl)cc(Cl)c1)c1ccc(F)c(Cl)c1. The Morgan fingerprint density at radius 2 is 1.63 bits per heavy atom. The number of hydrogen-bond acceptors (Lipinski definition) is 4. The van der Waals surface area contributed by atoms with Crippen LogP contribution in [0.25, 0.3) is 0 Å². The van der Waals surface area contributed by atoms with E-state index >= 15 is 0 Å². The Morgan fingerprint density at radius 3 is 2.13 bits per heavy atom. The van der Waals surface area contributed by atoms with E-state index in [2.05, 4.69) is 30.1 Å². The summed E-state index contributed by atoms with van der Waals surface area (Å²) in [5.74, 6) is -1.00. The first-order valence-corrected chi connectivity index (χ1v) is 9.79. The van der Waals surface area contributed by atoms with E-state index in [1.54, 1.807) is 0 Å². The number of benzene rings is 3. The van der Waals surface area contributed by atoms with Crippen molar-refractivity contribution in [3.63, 3.8) is 0 Å². The minimum absolute atomic E-state index is 0.127. The highest BCUT2D eigenvalue weighted by Crippen LogP contribution is 2.24. The highest BCUT2D eigenvalue weighted by Gasteiger charge is 2.18. The quantitative estimate of drug-likeness (QED) is 0.422. The Morgan fingerprint density at radius 1 is 1.00 bits per heavy atom. The van der Waals surface area contributed by atoms with Gasteiger partial charge in [0.25, 0.3) is 0 Å². The molecule has 0 radical (unpaired) electrons. The van der Waals surface area contributed by atoms with E-state index in [9.17, 15) is 9.18 Å². The Bertz CT molecular complexity index is 970. The van der Waals surface area contributed by atoms with E-state index in [4.69, 9.17) is 45.4 Å². The van der Waals surface area contributed by atoms with Crippen molar-refractivity contribution in [3.8, 4) is 5.75 Å². The summed E-state index contributed by atoms with van der Waals surface area (Å²) in [7, 11) is 0. The first kappa shape index (κ1) is 23.9. The van der Waals surface area contributed by atoms with Gasteiger partial charge in [0.1, 0.15) is 11.9 Å². The molecule has 9 heteroatoms. The van der Waals surface area contributed by atoms with Crippen molar-refractivity contribution < 1.29 is 14.0 Å². The summed E-state index contributed by atoms with van der Waals surface area (Å²) in [4.78, 5) is 16.7. The van der Waals surface area contributed by atoms with Gasteiger partial charge in [0.2, 0.25) is 5.91 Å². The Labute approximate surface area is 188 Å². The topological polar surface area (TPSA) is 76.4 Å². The lowest BCUT2D eigenvalue weighted by molar-refractivity contribution is -0.121. The lowest BCUT2D eigenvalue weighted by Gasteiger charge is -2.17. The fourth-order valence-electron chi connectivity index (χ4n) is 2.28. The molecule has 0 fully saturated rings. The van der Waals surface area contributed by atoms with Crippen molar-refractivity contribution in [1.29, 1.82) is 0 Å². The molecule has 3 rings (SSSR count). The number of amides is 1. The molecule has 1 unspecified atom stereocenters. The summed E-state index contributed by atoms with van der Waals surface area (Å²) in [5, 5.41) is 0.634. The first-order valence-electron chi connectivity index (χ1n) is 8.65. The number of hydrazine groups is 1. The van der Waals surface area contributed by atoms with Gasteiger partial charge in [-0.1, -0.05) is 82.4 Å². The number of carbonyl (C=O) groups excluding carboxylic acids is 1. The smallest absolute Gasteiger partial charge is 0.240 e. The van der Waals surface area contributed by atoms with Gasteiger partial charge in [-0.15, -0.1) is 0 Å². The molecule has 1 atom stereocenters. The zero-order chi connectivity index (χ0) is 22.1. The predicted molar refractivity (Wildman–Crippen MR) is 118 cm³/mol. The fraction of sp³-hybridized carbons (Fsp3) is 0.0952. The highest BCUT2D eigenvalue weighted by molar-refractivity contribution is 6.34. The second-order valence-electron chi connectivity index (χ2n) is 6.12. The van der Waals surface area contributed by atoms with Crippen LogP contribution in [0.2, 0.25) is 15.1 Å². The van der Waals surface area contributed by atoms with Crippen LogP contribution in [0.1, 0.15) is 17.2 Å². The van der Waals surface area contributed by atoms with Gasteiger partial charge >= 0.3 is 0 Å². The molecule has 4 N–H and O–H groups in total. The third-order valence-electron chi connectivity index (χ3n) is 3.71. The fourth-order valence-corrected chi connectivity index (χ4v) is 2.97. The van der Waals surface area contributed by atoms with Crippen LogP contribution in [0.4, 0.5) is 4.39 Å². The number of rotatable bonds is 6. The van der Waals surface area contributed by atoms with E-state index in [1.807, 2.05) is 18.2 Å². The van der Waals surface area contributed by atoms with Gasteiger partial charge in [-0.05, 0) is 30.7 Å². The maximum Gasteiger partial charge on any atom is 0.240 e. The largest absolute Gasteiger partial charge is 0.394 e. The average molecular weight is 471 g/mol. The maximum atomic E-state index is 13.2. The zero-order valence-electron chi connectivity index (χ0n) is 15.8. The van der Waals surface area contributed by atoms with Crippen molar-refractivity contribution in [2.24, 2.45) is 5.73 Å². The molecule has 0 heterocycles. The monoisotopic (exact) mass is 469 g/mol. The molecule has 5 nitrogen and oxygen atoms in total. The molecule has 0 bridgehead atoms. The Kier molecular flexibility index (Phi) is 9.36. The van der Waals surface area contributed by atoms with E-state index in [1.165, 1.54) is 35.9 Å². The molecule has 0 aliphatic rings. The van der Waals surface area contributed by atoms with E-state index in [0.29, 0.717) is 21.4 Å². The zero-order valence-corrected chi connectivity index (χ0v) is 18.1. The van der Waals surface area contributed by atoms with Crippen molar-refractivity contribution in [2.45, 2.75) is 13.0 Å². The van der Waals surface area contributed by atoms with E-state index < -0.39 is 17.8 Å². The normalized spacial score (nSPS) is 11.2. The molecule has 1 amide bonds. The lowest BCUT2D eigenvalue weighted by Crippen LogP contribution is -2.43. The highest BCUT2D eigenvalue weighted by atomic mass is 35.5. The third-order valence-corrected chi connectivity index (χ3v) is 4.44. The summed E-state index contributed by atoms with van der Waals surface area (Å²) < 4.78 is 13.2. The molecule has 30 heavy (non-hydrogen) atoms. The Hall–Kier alpha value is -2.35. The van der Waals surface area contributed by atoms with Crippen molar-refractivity contribution in [2.75, 3.05) is 0 Å². The molecule has 0 spiro atoms. The lowest BCUT2D eigenvalue weighted by atomic mass is 10.1. The van der Waals surface area contributed by atoms with Crippen LogP contribution in [-0.2, 0) is 4.79 Å². The number of hydrogen-bond donors (Lipinski definition) is 3. The Balaban J connectivity index is 0.000000386. The summed E-state index contributed by atoms with van der Waals surface area (Å²) in [6.07, 6.45) is 0. The van der Waals surface area contributed by atoms with Crippen LogP contribution in [0.3, 0.4) is 0 Å². The maximum absolute atomic E-state index is 13.2. The van der Waals surface area contributed by atoms with Crippen molar-refractivity contribution in [1.82, 2.24) is 11.0 Å². The molecular formula is C21H19Cl3FN3O2. The van der Waals surface area contributed by atoms with Gasteiger partial charge < -0.3 is 10.6 Å². The number of primary amides is 1. The number of halogens is 4.